The van der Waals surface area contributed by atoms with E-state index in [4.69, 9.17) is 23.7 Å². The average molecular weight is 527 g/mol. The maximum absolute atomic E-state index is 11.1. The maximum Gasteiger partial charge on any atom is 0.305 e. The Morgan fingerprint density at radius 3 is 1.92 bits per heavy atom. The van der Waals surface area contributed by atoms with E-state index in [1.165, 1.54) is 14.2 Å². The molecule has 0 unspecified atom stereocenters. The molecule has 0 bridgehead atoms. The van der Waals surface area contributed by atoms with Gasteiger partial charge in [-0.05, 0) is 12.8 Å². The van der Waals surface area contributed by atoms with E-state index in [2.05, 4.69) is 4.74 Å². The number of methoxy groups -OCH3 is 2. The van der Waals surface area contributed by atoms with Crippen molar-refractivity contribution in [3.63, 3.8) is 0 Å². The number of hydrogen-bond acceptors (Lipinski definition) is 13. The molecule has 0 radical (unpaired) electrons. The molecule has 2 fully saturated rings. The van der Waals surface area contributed by atoms with Gasteiger partial charge in [-0.2, -0.15) is 0 Å². The number of carbonyl (C=O) groups is 1. The van der Waals surface area contributed by atoms with Gasteiger partial charge in [0, 0.05) is 20.1 Å². The molecule has 0 aliphatic carbocycles. The lowest BCUT2D eigenvalue weighted by atomic mass is 9.97. The van der Waals surface area contributed by atoms with Gasteiger partial charge < -0.3 is 59.1 Å². The van der Waals surface area contributed by atoms with Crippen LogP contribution in [-0.2, 0) is 33.2 Å². The average Bonchev–Trinajstić information content (AvgIpc) is 2.88. The minimum Gasteiger partial charge on any atom is -0.469 e. The fourth-order valence-corrected chi connectivity index (χ4v) is 4.31. The summed E-state index contributed by atoms with van der Waals surface area (Å²) in [5.74, 6) is -0.211. The van der Waals surface area contributed by atoms with Crippen LogP contribution in [0.4, 0.5) is 0 Å². The Morgan fingerprint density at radius 2 is 1.31 bits per heavy atom. The van der Waals surface area contributed by atoms with Gasteiger partial charge in [0.1, 0.15) is 48.8 Å². The Labute approximate surface area is 210 Å². The van der Waals surface area contributed by atoms with E-state index in [1.807, 2.05) is 0 Å². The highest BCUT2D eigenvalue weighted by molar-refractivity contribution is 5.68. The molecule has 10 atom stereocenters. The van der Waals surface area contributed by atoms with Gasteiger partial charge in [-0.1, -0.05) is 25.7 Å². The van der Waals surface area contributed by atoms with E-state index < -0.39 is 74.6 Å². The first-order valence-corrected chi connectivity index (χ1v) is 12.4. The van der Waals surface area contributed by atoms with Gasteiger partial charge in [0.15, 0.2) is 12.6 Å². The molecule has 0 aromatic rings. The highest BCUT2D eigenvalue weighted by atomic mass is 16.8. The van der Waals surface area contributed by atoms with Crippen LogP contribution in [0, 0.1) is 0 Å². The van der Waals surface area contributed by atoms with Crippen LogP contribution in [-0.4, -0.2) is 132 Å². The third-order valence-electron chi connectivity index (χ3n) is 6.50. The van der Waals surface area contributed by atoms with Crippen molar-refractivity contribution in [3.05, 3.63) is 0 Å². The zero-order valence-corrected chi connectivity index (χ0v) is 20.9. The zero-order chi connectivity index (χ0) is 26.7. The van der Waals surface area contributed by atoms with E-state index >= 15 is 0 Å². The van der Waals surface area contributed by atoms with Crippen molar-refractivity contribution in [3.8, 4) is 0 Å². The highest BCUT2D eigenvalue weighted by Crippen LogP contribution is 2.31. The minimum atomic E-state index is -1.66. The molecule has 0 amide bonds. The van der Waals surface area contributed by atoms with Gasteiger partial charge >= 0.3 is 5.97 Å². The highest BCUT2D eigenvalue weighted by Gasteiger charge is 2.51. The first-order chi connectivity index (χ1) is 17.3. The van der Waals surface area contributed by atoms with Crippen LogP contribution in [0.25, 0.3) is 0 Å². The number of hydrogen-bond donors (Lipinski definition) is 6. The molecule has 0 aromatic carbocycles. The van der Waals surface area contributed by atoms with Gasteiger partial charge in [-0.3, -0.25) is 4.79 Å². The second-order valence-corrected chi connectivity index (χ2v) is 9.03. The molecule has 2 rings (SSSR count). The molecule has 2 aliphatic heterocycles. The monoisotopic (exact) mass is 526 g/mol. The molecular formula is C23H42O13. The molecule has 0 aromatic heterocycles. The molecule has 0 saturated carbocycles. The van der Waals surface area contributed by atoms with Crippen LogP contribution in [0.5, 0.6) is 0 Å². The number of carbonyl (C=O) groups excluding carboxylic acids is 1. The third-order valence-corrected chi connectivity index (χ3v) is 6.50. The number of rotatable bonds is 15. The van der Waals surface area contributed by atoms with E-state index in [9.17, 15) is 35.4 Å². The fraction of sp³-hybridized carbons (Fsp3) is 0.957. The molecule has 6 N–H and O–H groups in total. The Morgan fingerprint density at radius 1 is 0.722 bits per heavy atom. The summed E-state index contributed by atoms with van der Waals surface area (Å²) in [4.78, 5) is 11.1. The summed E-state index contributed by atoms with van der Waals surface area (Å²) in [5, 5.41) is 60.0. The number of unbranched alkanes of at least 4 members (excludes halogenated alkanes) is 5. The van der Waals surface area contributed by atoms with Gasteiger partial charge in [-0.25, -0.2) is 0 Å². The number of ether oxygens (including phenoxy) is 6. The lowest BCUT2D eigenvalue weighted by Gasteiger charge is -2.46. The molecule has 0 spiro atoms. The maximum atomic E-state index is 11.1. The summed E-state index contributed by atoms with van der Waals surface area (Å²) in [5.41, 5.74) is 0. The van der Waals surface area contributed by atoms with Crippen LogP contribution in [0.15, 0.2) is 0 Å². The van der Waals surface area contributed by atoms with Crippen LogP contribution < -0.4 is 0 Å². The van der Waals surface area contributed by atoms with Crippen LogP contribution in [0.1, 0.15) is 44.9 Å². The van der Waals surface area contributed by atoms with E-state index in [1.54, 1.807) is 0 Å². The largest absolute Gasteiger partial charge is 0.469 e. The summed E-state index contributed by atoms with van der Waals surface area (Å²) in [7, 11) is 2.70. The number of aliphatic hydroxyl groups is 6. The molecule has 212 valence electrons. The van der Waals surface area contributed by atoms with Gasteiger partial charge in [0.25, 0.3) is 0 Å². The molecule has 2 aliphatic rings. The van der Waals surface area contributed by atoms with E-state index in [0.29, 0.717) is 12.8 Å². The summed E-state index contributed by atoms with van der Waals surface area (Å²) in [6, 6.07) is 0. The van der Waals surface area contributed by atoms with Gasteiger partial charge in [-0.15, -0.1) is 0 Å². The predicted octanol–water partition coefficient (Wildman–Crippen LogP) is -1.82. The fourth-order valence-electron chi connectivity index (χ4n) is 4.31. The minimum absolute atomic E-state index is 0.211. The van der Waals surface area contributed by atoms with E-state index in [0.717, 1.165) is 32.1 Å². The summed E-state index contributed by atoms with van der Waals surface area (Å²) in [6.45, 7) is -0.858. The second-order valence-electron chi connectivity index (χ2n) is 9.03. The van der Waals surface area contributed by atoms with Crippen LogP contribution >= 0.6 is 0 Å². The third kappa shape index (κ3) is 8.53. The number of esters is 1. The van der Waals surface area contributed by atoms with E-state index in [-0.39, 0.29) is 12.6 Å². The first-order valence-electron chi connectivity index (χ1n) is 12.4. The van der Waals surface area contributed by atoms with Crippen molar-refractivity contribution in [2.24, 2.45) is 0 Å². The lowest BCUT2D eigenvalue weighted by molar-refractivity contribution is -0.369. The quantitative estimate of drug-likeness (QED) is 0.103. The van der Waals surface area contributed by atoms with Gasteiger partial charge in [0.2, 0.25) is 0 Å². The summed E-state index contributed by atoms with van der Waals surface area (Å²) >= 11 is 0. The van der Waals surface area contributed by atoms with Crippen molar-refractivity contribution >= 4 is 5.97 Å². The van der Waals surface area contributed by atoms with Crippen molar-refractivity contribution in [2.75, 3.05) is 34.0 Å². The predicted molar refractivity (Wildman–Crippen MR) is 121 cm³/mol. The zero-order valence-electron chi connectivity index (χ0n) is 20.9. The summed E-state index contributed by atoms with van der Waals surface area (Å²) < 4.78 is 32.8. The van der Waals surface area contributed by atoms with Crippen molar-refractivity contribution in [1.29, 1.82) is 0 Å². The first kappa shape index (κ1) is 31.2. The van der Waals surface area contributed by atoms with Crippen molar-refractivity contribution < 1.29 is 63.9 Å². The molecule has 13 heteroatoms. The smallest absolute Gasteiger partial charge is 0.305 e. The van der Waals surface area contributed by atoms with Crippen molar-refractivity contribution in [2.45, 2.75) is 106 Å². The van der Waals surface area contributed by atoms with Gasteiger partial charge in [0.05, 0.1) is 20.3 Å². The Hall–Kier alpha value is -0.970. The Balaban J connectivity index is 1.92. The SMILES string of the molecule is COC(=O)CCCCCCCCO[C@H]1O[C@H](CO)[C@@H](O)[C@H](OC)[C@H]1O[C@H]1O[C@H](CO)[C@@H](O)[C@H](O)[C@H]1O. The molecule has 2 heterocycles. The van der Waals surface area contributed by atoms with Crippen LogP contribution in [0.3, 0.4) is 0 Å². The number of aliphatic hydroxyl groups excluding tert-OH is 6. The normalized spacial score (nSPS) is 37.1. The second kappa shape index (κ2) is 16.1. The molecule has 13 nitrogen and oxygen atoms in total. The van der Waals surface area contributed by atoms with Crippen LogP contribution in [0.2, 0.25) is 0 Å². The molecule has 36 heavy (non-hydrogen) atoms. The summed E-state index contributed by atoms with van der Waals surface area (Å²) in [6.07, 6.45) is -7.54. The molecule has 2 saturated heterocycles. The Bertz CT molecular complexity index is 621. The standard InChI is InChI=1S/C23H42O13/c1-31-15(26)9-7-5-3-4-6-8-10-33-23-21(20(32-2)17(28)14(12-25)35-23)36-22-19(30)18(29)16(27)13(11-24)34-22/h13-14,16-25,27-30H,3-12H2,1-2H3/t13-,14-,16-,17-,18+,19-,20+,21-,22-,23+/m1/s1. The molecular weight excluding hydrogens is 484 g/mol. The topological polar surface area (TPSA) is 194 Å². The Kier molecular flexibility index (Phi) is 14.0. The lowest BCUT2D eigenvalue weighted by Crippen LogP contribution is -2.65. The van der Waals surface area contributed by atoms with Crippen molar-refractivity contribution in [1.82, 2.24) is 0 Å².